The average molecular weight is 157 g/mol. The summed E-state index contributed by atoms with van der Waals surface area (Å²) in [7, 11) is 0. The highest BCUT2D eigenvalue weighted by Crippen LogP contribution is 2.20. The van der Waals surface area contributed by atoms with Gasteiger partial charge in [0, 0.05) is 5.92 Å². The lowest BCUT2D eigenvalue weighted by molar-refractivity contribution is -0.140. The third-order valence-corrected chi connectivity index (χ3v) is 1.76. The Morgan fingerprint density at radius 3 is 1.73 bits per heavy atom. The summed E-state index contributed by atoms with van der Waals surface area (Å²) in [4.78, 5) is 22.1. The molecule has 0 rings (SSSR count). The molecule has 0 aromatic rings. The van der Waals surface area contributed by atoms with E-state index in [0.717, 1.165) is 0 Å². The smallest absolute Gasteiger partial charge is 0.230 e. The Hall–Kier alpha value is -0.860. The molecule has 0 aliphatic rings. The molecule has 3 nitrogen and oxygen atoms in total. The fourth-order valence-corrected chi connectivity index (χ4v) is 0.843. The number of rotatable bonds is 3. The van der Waals surface area contributed by atoms with Crippen molar-refractivity contribution in [3.8, 4) is 0 Å². The molecule has 0 atom stereocenters. The first-order valence-corrected chi connectivity index (χ1v) is 3.64. The van der Waals surface area contributed by atoms with Gasteiger partial charge >= 0.3 is 0 Å². The summed E-state index contributed by atoms with van der Waals surface area (Å²) < 4.78 is 0. The second-order valence-electron chi connectivity index (χ2n) is 3.51. The molecule has 2 N–H and O–H groups in total. The van der Waals surface area contributed by atoms with Crippen LogP contribution in [0.3, 0.4) is 0 Å². The van der Waals surface area contributed by atoms with Crippen LogP contribution in [0.5, 0.6) is 0 Å². The molecular weight excluding hydrogens is 142 g/mol. The molecule has 3 heteroatoms. The molecule has 0 saturated heterocycles. The predicted molar refractivity (Wildman–Crippen MR) is 42.8 cm³/mol. The quantitative estimate of drug-likeness (QED) is 0.614. The summed E-state index contributed by atoms with van der Waals surface area (Å²) in [6.45, 7) is 6.62. The summed E-state index contributed by atoms with van der Waals surface area (Å²) in [6, 6.07) is 0. The van der Waals surface area contributed by atoms with Crippen molar-refractivity contribution in [1.82, 2.24) is 0 Å². The molecule has 11 heavy (non-hydrogen) atoms. The van der Waals surface area contributed by atoms with Crippen LogP contribution in [0.15, 0.2) is 0 Å². The summed E-state index contributed by atoms with van der Waals surface area (Å²) in [5.74, 6) is -0.807. The number of ketones is 1. The average Bonchev–Trinajstić information content (AvgIpc) is 1.85. The maximum Gasteiger partial charge on any atom is 0.230 e. The number of carbonyl (C=O) groups is 2. The second kappa shape index (κ2) is 3.03. The molecule has 0 aliphatic carbocycles. The zero-order valence-corrected chi connectivity index (χ0v) is 7.47. The van der Waals surface area contributed by atoms with Crippen molar-refractivity contribution in [2.24, 2.45) is 17.1 Å². The van der Waals surface area contributed by atoms with Crippen LogP contribution < -0.4 is 5.73 Å². The lowest BCUT2D eigenvalue weighted by Gasteiger charge is -2.20. The molecular formula is C8H15NO2. The van der Waals surface area contributed by atoms with E-state index in [9.17, 15) is 9.59 Å². The number of hydrogen-bond donors (Lipinski definition) is 1. The first-order valence-electron chi connectivity index (χ1n) is 3.64. The Morgan fingerprint density at radius 1 is 1.27 bits per heavy atom. The molecule has 64 valence electrons. The van der Waals surface area contributed by atoms with Gasteiger partial charge in [0.15, 0.2) is 0 Å². The van der Waals surface area contributed by atoms with E-state index in [4.69, 9.17) is 5.73 Å². The standard InChI is InChI=1S/C8H15NO2/c1-5(2)6(10)8(3,4)7(9)11/h5H,1-4H3,(H2,9,11). The summed E-state index contributed by atoms with van der Waals surface area (Å²) in [6.07, 6.45) is 0. The molecule has 0 radical (unpaired) electrons. The van der Waals surface area contributed by atoms with Gasteiger partial charge < -0.3 is 5.73 Å². The Labute approximate surface area is 67.0 Å². The molecule has 0 heterocycles. The normalized spacial score (nSPS) is 11.7. The van der Waals surface area contributed by atoms with E-state index < -0.39 is 11.3 Å². The number of Topliss-reactive ketones (excluding diaryl/α,β-unsaturated/α-hetero) is 1. The Bertz CT molecular complexity index is 183. The van der Waals surface area contributed by atoms with E-state index in [1.165, 1.54) is 0 Å². The van der Waals surface area contributed by atoms with Crippen LogP contribution in [-0.4, -0.2) is 11.7 Å². The SMILES string of the molecule is CC(C)C(=O)C(C)(C)C(N)=O. The second-order valence-corrected chi connectivity index (χ2v) is 3.51. The van der Waals surface area contributed by atoms with Crippen LogP contribution >= 0.6 is 0 Å². The van der Waals surface area contributed by atoms with Crippen molar-refractivity contribution in [3.05, 3.63) is 0 Å². The largest absolute Gasteiger partial charge is 0.369 e. The first-order chi connectivity index (χ1) is 4.80. The van der Waals surface area contributed by atoms with E-state index in [2.05, 4.69) is 0 Å². The molecule has 1 amide bonds. The van der Waals surface area contributed by atoms with Gasteiger partial charge in [-0.1, -0.05) is 13.8 Å². The van der Waals surface area contributed by atoms with Crippen LogP contribution in [-0.2, 0) is 9.59 Å². The van der Waals surface area contributed by atoms with Crippen molar-refractivity contribution in [3.63, 3.8) is 0 Å². The lowest BCUT2D eigenvalue weighted by atomic mass is 9.82. The highest BCUT2D eigenvalue weighted by Gasteiger charge is 2.34. The fraction of sp³-hybridized carbons (Fsp3) is 0.750. The monoisotopic (exact) mass is 157 g/mol. The Morgan fingerprint density at radius 2 is 1.64 bits per heavy atom. The minimum atomic E-state index is -1.02. The summed E-state index contributed by atoms with van der Waals surface area (Å²) in [5, 5.41) is 0. The van der Waals surface area contributed by atoms with Crippen LogP contribution in [0, 0.1) is 11.3 Å². The van der Waals surface area contributed by atoms with E-state index in [1.54, 1.807) is 27.7 Å². The van der Waals surface area contributed by atoms with Gasteiger partial charge in [-0.25, -0.2) is 0 Å². The third-order valence-electron chi connectivity index (χ3n) is 1.76. The van der Waals surface area contributed by atoms with Gasteiger partial charge in [-0.05, 0) is 13.8 Å². The van der Waals surface area contributed by atoms with Crippen molar-refractivity contribution >= 4 is 11.7 Å². The number of hydrogen-bond acceptors (Lipinski definition) is 2. The van der Waals surface area contributed by atoms with Gasteiger partial charge in [0.25, 0.3) is 0 Å². The molecule has 0 aromatic heterocycles. The summed E-state index contributed by atoms with van der Waals surface area (Å²) >= 11 is 0. The van der Waals surface area contributed by atoms with E-state index in [-0.39, 0.29) is 11.7 Å². The van der Waals surface area contributed by atoms with E-state index >= 15 is 0 Å². The van der Waals surface area contributed by atoms with E-state index in [1.807, 2.05) is 0 Å². The first kappa shape index (κ1) is 10.1. The van der Waals surface area contributed by atoms with Crippen LogP contribution in [0.1, 0.15) is 27.7 Å². The zero-order valence-electron chi connectivity index (χ0n) is 7.47. The van der Waals surface area contributed by atoms with Crippen molar-refractivity contribution in [2.75, 3.05) is 0 Å². The van der Waals surface area contributed by atoms with Crippen molar-refractivity contribution in [1.29, 1.82) is 0 Å². The fourth-order valence-electron chi connectivity index (χ4n) is 0.843. The molecule has 0 bridgehead atoms. The summed E-state index contributed by atoms with van der Waals surface area (Å²) in [5.41, 5.74) is 4.03. The lowest BCUT2D eigenvalue weighted by Crippen LogP contribution is -2.40. The molecule has 0 aromatic carbocycles. The van der Waals surface area contributed by atoms with Gasteiger partial charge in [-0.2, -0.15) is 0 Å². The van der Waals surface area contributed by atoms with Gasteiger partial charge in [0.2, 0.25) is 5.91 Å². The minimum Gasteiger partial charge on any atom is -0.369 e. The molecule has 0 unspecified atom stereocenters. The maximum atomic E-state index is 11.3. The predicted octanol–water partition coefficient (Wildman–Crippen LogP) is 0.723. The molecule has 0 saturated carbocycles. The number of amides is 1. The van der Waals surface area contributed by atoms with E-state index in [0.29, 0.717) is 0 Å². The minimum absolute atomic E-state index is 0.106. The molecule has 0 spiro atoms. The Kier molecular flexibility index (Phi) is 2.79. The van der Waals surface area contributed by atoms with Gasteiger partial charge in [0.1, 0.15) is 11.2 Å². The number of nitrogens with two attached hydrogens (primary N) is 1. The van der Waals surface area contributed by atoms with Gasteiger partial charge in [-0.15, -0.1) is 0 Å². The molecule has 0 aliphatic heterocycles. The molecule has 0 fully saturated rings. The number of primary amides is 1. The number of carbonyl (C=O) groups excluding carboxylic acids is 2. The maximum absolute atomic E-state index is 11.3. The Balaban J connectivity index is 4.56. The highest BCUT2D eigenvalue weighted by molar-refractivity contribution is 6.05. The van der Waals surface area contributed by atoms with Crippen molar-refractivity contribution in [2.45, 2.75) is 27.7 Å². The highest BCUT2D eigenvalue weighted by atomic mass is 16.2. The van der Waals surface area contributed by atoms with Crippen LogP contribution in [0.2, 0.25) is 0 Å². The zero-order chi connectivity index (χ0) is 9.23. The van der Waals surface area contributed by atoms with Crippen molar-refractivity contribution < 1.29 is 9.59 Å². The van der Waals surface area contributed by atoms with Crippen LogP contribution in [0.25, 0.3) is 0 Å². The van der Waals surface area contributed by atoms with Gasteiger partial charge in [0.05, 0.1) is 0 Å². The van der Waals surface area contributed by atoms with Gasteiger partial charge in [-0.3, -0.25) is 9.59 Å². The third kappa shape index (κ3) is 2.03. The van der Waals surface area contributed by atoms with Crippen LogP contribution in [0.4, 0.5) is 0 Å². The topological polar surface area (TPSA) is 60.2 Å².